The number of nitrogens with zero attached hydrogens (tertiary/aromatic N) is 2. The number of aryl methyl sites for hydroxylation is 3. The van der Waals surface area contributed by atoms with E-state index in [2.05, 4.69) is 11.1 Å². The molecule has 0 aliphatic rings. The number of hydrogen-bond acceptors (Lipinski definition) is 5. The second-order valence-electron chi connectivity index (χ2n) is 6.01. The van der Waals surface area contributed by atoms with E-state index >= 15 is 0 Å². The molecule has 0 unspecified atom stereocenters. The number of hydrogen-bond donors (Lipinski definition) is 0. The third-order valence-corrected chi connectivity index (χ3v) is 5.38. The molecule has 5 nitrogen and oxygen atoms in total. The third-order valence-electron chi connectivity index (χ3n) is 4.38. The summed E-state index contributed by atoms with van der Waals surface area (Å²) in [6.07, 6.45) is 0. The number of fused-ring (bicyclic) bond motifs is 1. The van der Waals surface area contributed by atoms with Crippen molar-refractivity contribution in [2.24, 2.45) is 0 Å². The zero-order valence-electron chi connectivity index (χ0n) is 15.2. The van der Waals surface area contributed by atoms with Gasteiger partial charge in [0.25, 0.3) is 5.56 Å². The van der Waals surface area contributed by atoms with Gasteiger partial charge in [0.15, 0.2) is 0 Å². The summed E-state index contributed by atoms with van der Waals surface area (Å²) in [6.45, 7) is 6.89. The van der Waals surface area contributed by atoms with Crippen LogP contribution in [-0.2, 0) is 11.3 Å². The predicted octanol–water partition coefficient (Wildman–Crippen LogP) is 3.71. The van der Waals surface area contributed by atoms with Crippen molar-refractivity contribution in [3.8, 4) is 16.9 Å². The lowest BCUT2D eigenvalue weighted by atomic mass is 10.0. The van der Waals surface area contributed by atoms with E-state index in [9.17, 15) is 4.79 Å². The van der Waals surface area contributed by atoms with Crippen LogP contribution in [0.2, 0.25) is 0 Å². The highest BCUT2D eigenvalue weighted by atomic mass is 32.1. The van der Waals surface area contributed by atoms with Crippen LogP contribution in [0.3, 0.4) is 0 Å². The van der Waals surface area contributed by atoms with Gasteiger partial charge < -0.3 is 9.47 Å². The van der Waals surface area contributed by atoms with Crippen LogP contribution in [0.25, 0.3) is 21.3 Å². The highest BCUT2D eigenvalue weighted by molar-refractivity contribution is 7.19. The molecule has 0 aliphatic heterocycles. The molecule has 0 N–H and O–H groups in total. The van der Waals surface area contributed by atoms with E-state index in [1.54, 1.807) is 30.1 Å². The summed E-state index contributed by atoms with van der Waals surface area (Å²) in [5.41, 5.74) is 3.02. The largest absolute Gasteiger partial charge is 0.496 e. The standard InChI is InChI=1S/C19H22N2O3S/c1-11-10-14(6-7-15(11)24-5)16-12(2)25-18-17(16)19(22)21(8-9-23-4)13(3)20-18/h6-7,10H,8-9H2,1-5H3. The second-order valence-corrected chi connectivity index (χ2v) is 7.21. The fraction of sp³-hybridized carbons (Fsp3) is 0.368. The van der Waals surface area contributed by atoms with Gasteiger partial charge in [-0.2, -0.15) is 0 Å². The van der Waals surface area contributed by atoms with Gasteiger partial charge in [-0.1, -0.05) is 6.07 Å². The molecular formula is C19H22N2O3S. The molecule has 0 spiro atoms. The molecule has 2 aromatic heterocycles. The van der Waals surface area contributed by atoms with Crippen molar-refractivity contribution in [1.29, 1.82) is 0 Å². The summed E-state index contributed by atoms with van der Waals surface area (Å²) in [5.74, 6) is 1.56. The topological polar surface area (TPSA) is 53.4 Å². The first-order chi connectivity index (χ1) is 12.0. The van der Waals surface area contributed by atoms with Crippen LogP contribution in [0.1, 0.15) is 16.3 Å². The highest BCUT2D eigenvalue weighted by Crippen LogP contribution is 2.37. The monoisotopic (exact) mass is 358 g/mol. The van der Waals surface area contributed by atoms with Crippen LogP contribution in [0.15, 0.2) is 23.0 Å². The number of methoxy groups -OCH3 is 2. The van der Waals surface area contributed by atoms with Crippen molar-refractivity contribution in [3.05, 3.63) is 44.8 Å². The molecule has 0 bridgehead atoms. The Balaban J connectivity index is 2.26. The molecule has 0 radical (unpaired) electrons. The van der Waals surface area contributed by atoms with Gasteiger partial charge in [0.2, 0.25) is 0 Å². The number of rotatable bonds is 5. The van der Waals surface area contributed by atoms with Crippen LogP contribution in [0, 0.1) is 20.8 Å². The molecule has 3 rings (SSSR count). The van der Waals surface area contributed by atoms with Crippen LogP contribution in [0.4, 0.5) is 0 Å². The first kappa shape index (κ1) is 17.6. The van der Waals surface area contributed by atoms with E-state index in [-0.39, 0.29) is 5.56 Å². The molecule has 0 amide bonds. The van der Waals surface area contributed by atoms with Crippen molar-refractivity contribution in [3.63, 3.8) is 0 Å². The molecule has 1 aromatic carbocycles. The average Bonchev–Trinajstić information content (AvgIpc) is 2.90. The molecular weight excluding hydrogens is 336 g/mol. The lowest BCUT2D eigenvalue weighted by molar-refractivity contribution is 0.185. The molecule has 6 heteroatoms. The lowest BCUT2D eigenvalue weighted by Crippen LogP contribution is -2.25. The van der Waals surface area contributed by atoms with Gasteiger partial charge in [0.1, 0.15) is 16.4 Å². The maximum absolute atomic E-state index is 13.1. The Labute approximate surface area is 150 Å². The minimum atomic E-state index is -0.00706. The molecule has 2 heterocycles. The summed E-state index contributed by atoms with van der Waals surface area (Å²) in [7, 11) is 3.29. The molecule has 3 aromatic rings. The first-order valence-corrected chi connectivity index (χ1v) is 8.94. The van der Waals surface area contributed by atoms with E-state index in [1.165, 1.54) is 0 Å². The lowest BCUT2D eigenvalue weighted by Gasteiger charge is -2.10. The fourth-order valence-corrected chi connectivity index (χ4v) is 4.21. The van der Waals surface area contributed by atoms with E-state index in [1.807, 2.05) is 32.9 Å². The highest BCUT2D eigenvalue weighted by Gasteiger charge is 2.19. The van der Waals surface area contributed by atoms with Crippen LogP contribution in [-0.4, -0.2) is 30.4 Å². The third kappa shape index (κ3) is 3.07. The molecule has 0 saturated heterocycles. The Kier molecular flexibility index (Phi) is 4.92. The van der Waals surface area contributed by atoms with E-state index in [0.717, 1.165) is 32.1 Å². The van der Waals surface area contributed by atoms with Crippen molar-refractivity contribution in [1.82, 2.24) is 9.55 Å². The van der Waals surface area contributed by atoms with Crippen LogP contribution in [0.5, 0.6) is 5.75 Å². The molecule has 0 aliphatic carbocycles. The second kappa shape index (κ2) is 6.98. The van der Waals surface area contributed by atoms with Crippen molar-refractivity contribution >= 4 is 21.6 Å². The fourth-order valence-electron chi connectivity index (χ4n) is 3.12. The number of thiophene rings is 1. The van der Waals surface area contributed by atoms with Gasteiger partial charge in [0.05, 0.1) is 25.6 Å². The molecule has 25 heavy (non-hydrogen) atoms. The SMILES string of the molecule is COCCn1c(C)nc2sc(C)c(-c3ccc(OC)c(C)c3)c2c1=O. The Hall–Kier alpha value is -2.18. The molecule has 132 valence electrons. The van der Waals surface area contributed by atoms with Crippen molar-refractivity contribution < 1.29 is 9.47 Å². The minimum absolute atomic E-state index is 0.00706. The Bertz CT molecular complexity index is 988. The average molecular weight is 358 g/mol. The summed E-state index contributed by atoms with van der Waals surface area (Å²) >= 11 is 1.56. The number of benzene rings is 1. The van der Waals surface area contributed by atoms with Crippen molar-refractivity contribution in [2.75, 3.05) is 20.8 Å². The summed E-state index contributed by atoms with van der Waals surface area (Å²) in [6, 6.07) is 6.00. The smallest absolute Gasteiger partial charge is 0.262 e. The minimum Gasteiger partial charge on any atom is -0.496 e. The van der Waals surface area contributed by atoms with Gasteiger partial charge >= 0.3 is 0 Å². The van der Waals surface area contributed by atoms with E-state index in [4.69, 9.17) is 9.47 Å². The normalized spacial score (nSPS) is 11.2. The number of aromatic nitrogens is 2. The Morgan fingerprint density at radius 1 is 1.20 bits per heavy atom. The summed E-state index contributed by atoms with van der Waals surface area (Å²) < 4.78 is 12.2. The van der Waals surface area contributed by atoms with Crippen LogP contribution >= 0.6 is 11.3 Å². The maximum atomic E-state index is 13.1. The molecule has 0 fully saturated rings. The Morgan fingerprint density at radius 2 is 1.96 bits per heavy atom. The van der Waals surface area contributed by atoms with Gasteiger partial charge in [-0.25, -0.2) is 4.98 Å². The van der Waals surface area contributed by atoms with Gasteiger partial charge in [0, 0.05) is 17.6 Å². The maximum Gasteiger partial charge on any atom is 0.262 e. The van der Waals surface area contributed by atoms with Gasteiger partial charge in [-0.15, -0.1) is 11.3 Å². The van der Waals surface area contributed by atoms with E-state index < -0.39 is 0 Å². The summed E-state index contributed by atoms with van der Waals surface area (Å²) in [5, 5.41) is 0.689. The number of ether oxygens (including phenoxy) is 2. The van der Waals surface area contributed by atoms with Gasteiger partial charge in [-0.05, 0) is 44.0 Å². The van der Waals surface area contributed by atoms with Crippen molar-refractivity contribution in [2.45, 2.75) is 27.3 Å². The zero-order chi connectivity index (χ0) is 18.1. The predicted molar refractivity (Wildman–Crippen MR) is 102 cm³/mol. The van der Waals surface area contributed by atoms with Crippen LogP contribution < -0.4 is 10.3 Å². The summed E-state index contributed by atoms with van der Waals surface area (Å²) in [4.78, 5) is 19.7. The Morgan fingerprint density at radius 3 is 2.60 bits per heavy atom. The quantitative estimate of drug-likeness (QED) is 0.698. The molecule has 0 saturated carbocycles. The molecule has 0 atom stereocenters. The van der Waals surface area contributed by atoms with Gasteiger partial charge in [-0.3, -0.25) is 9.36 Å². The zero-order valence-corrected chi connectivity index (χ0v) is 16.0. The van der Waals surface area contributed by atoms with E-state index in [0.29, 0.717) is 24.4 Å². The first-order valence-electron chi connectivity index (χ1n) is 8.12.